The first-order valence-electron chi connectivity index (χ1n) is 4.26. The van der Waals surface area contributed by atoms with Crippen molar-refractivity contribution >= 4 is 25.5 Å². The Morgan fingerprint density at radius 2 is 1.88 bits per heavy atom. The fourth-order valence-electron chi connectivity index (χ4n) is 1.07. The van der Waals surface area contributed by atoms with Gasteiger partial charge in [0.15, 0.2) is 14.9 Å². The summed E-state index contributed by atoms with van der Waals surface area (Å²) in [6.45, 7) is 0. The largest absolute Gasteiger partial charge is 0.506 e. The van der Waals surface area contributed by atoms with Gasteiger partial charge in [0.05, 0.1) is 5.69 Å². The van der Waals surface area contributed by atoms with Gasteiger partial charge in [-0.05, 0) is 12.1 Å². The third-order valence-corrected chi connectivity index (χ3v) is 5.08. The molecule has 0 bridgehead atoms. The van der Waals surface area contributed by atoms with Crippen LogP contribution in [0.5, 0.6) is 5.75 Å². The number of sulfonamides is 1. The molecule has 0 amide bonds. The summed E-state index contributed by atoms with van der Waals surface area (Å²) >= 11 is 0. The summed E-state index contributed by atoms with van der Waals surface area (Å²) in [5.41, 5.74) is -0.282. The van der Waals surface area contributed by atoms with Crippen molar-refractivity contribution in [1.82, 2.24) is 0 Å². The molecule has 0 radical (unpaired) electrons. The number of phenols is 1. The van der Waals surface area contributed by atoms with E-state index in [4.69, 9.17) is 0 Å². The van der Waals surface area contributed by atoms with Gasteiger partial charge in [0.25, 0.3) is 0 Å². The first-order valence-corrected chi connectivity index (χ1v) is 7.97. The molecule has 0 aliphatic carbocycles. The number of phenolic OH excluding ortho intramolecular Hbond substituents is 1. The summed E-state index contributed by atoms with van der Waals surface area (Å²) in [7, 11) is -7.88. The van der Waals surface area contributed by atoms with Gasteiger partial charge in [-0.2, -0.15) is 0 Å². The predicted octanol–water partition coefficient (Wildman–Crippen LogP) is 0.275. The Balaban J connectivity index is 2.99. The lowest BCUT2D eigenvalue weighted by atomic mass is 10.3. The molecule has 9 heteroatoms. The van der Waals surface area contributed by atoms with Crippen LogP contribution in [0.3, 0.4) is 0 Å². The Kier molecular flexibility index (Phi) is 3.62. The maximum Gasteiger partial charge on any atom is 0.247 e. The highest BCUT2D eigenvalue weighted by Gasteiger charge is 2.19. The van der Waals surface area contributed by atoms with Crippen molar-refractivity contribution in [3.05, 3.63) is 24.0 Å². The average molecular weight is 283 g/mol. The number of nitrogens with one attached hydrogen (secondary N) is 1. The highest BCUT2D eigenvalue weighted by atomic mass is 32.3. The Labute approximate surface area is 98.1 Å². The van der Waals surface area contributed by atoms with Crippen LogP contribution in [0.1, 0.15) is 0 Å². The predicted molar refractivity (Wildman–Crippen MR) is 60.3 cm³/mol. The second kappa shape index (κ2) is 4.49. The van der Waals surface area contributed by atoms with Crippen molar-refractivity contribution in [3.8, 4) is 5.75 Å². The van der Waals surface area contributed by atoms with E-state index in [-0.39, 0.29) is 5.69 Å². The molecule has 1 aromatic carbocycles. The van der Waals surface area contributed by atoms with Crippen LogP contribution in [0, 0.1) is 5.82 Å². The lowest BCUT2D eigenvalue weighted by Gasteiger charge is -2.08. The number of aromatic hydroxyl groups is 1. The van der Waals surface area contributed by atoms with E-state index in [1.54, 1.807) is 0 Å². The normalized spacial score (nSPS) is 12.4. The lowest BCUT2D eigenvalue weighted by Crippen LogP contribution is -2.22. The molecule has 0 aliphatic rings. The Bertz CT molecular complexity index is 623. The number of hydrogen-bond donors (Lipinski definition) is 2. The van der Waals surface area contributed by atoms with E-state index in [2.05, 4.69) is 0 Å². The molecule has 0 aromatic heterocycles. The second-order valence-electron chi connectivity index (χ2n) is 3.42. The standard InChI is InChI=1S/C8H10FNO5S2/c1-16(12,13)5-17(14,15)10-7-3-2-6(9)4-8(7)11/h2-4,10-11H,5H2,1H3. The molecular formula is C8H10FNO5S2. The summed E-state index contributed by atoms with van der Waals surface area (Å²) in [6, 6.07) is 2.63. The minimum Gasteiger partial charge on any atom is -0.506 e. The van der Waals surface area contributed by atoms with Crippen LogP contribution < -0.4 is 4.72 Å². The smallest absolute Gasteiger partial charge is 0.247 e. The summed E-state index contributed by atoms with van der Waals surface area (Å²) in [5.74, 6) is -1.37. The van der Waals surface area contributed by atoms with Gasteiger partial charge in [-0.3, -0.25) is 4.72 Å². The van der Waals surface area contributed by atoms with Gasteiger partial charge >= 0.3 is 0 Å². The third-order valence-electron chi connectivity index (χ3n) is 1.59. The Morgan fingerprint density at radius 3 is 2.35 bits per heavy atom. The molecule has 0 fully saturated rings. The molecule has 96 valence electrons. The first-order chi connectivity index (χ1) is 7.59. The average Bonchev–Trinajstić information content (AvgIpc) is 2.05. The zero-order valence-corrected chi connectivity index (χ0v) is 10.3. The molecule has 6 nitrogen and oxygen atoms in total. The molecule has 0 atom stereocenters. The maximum absolute atomic E-state index is 12.6. The fourth-order valence-corrected chi connectivity index (χ4v) is 4.07. The van der Waals surface area contributed by atoms with Crippen LogP contribution in [-0.2, 0) is 19.9 Å². The van der Waals surface area contributed by atoms with Crippen molar-refractivity contribution in [2.45, 2.75) is 0 Å². The van der Waals surface area contributed by atoms with E-state index in [1.807, 2.05) is 4.72 Å². The summed E-state index contributed by atoms with van der Waals surface area (Å²) in [5, 5.41) is 8.12. The quantitative estimate of drug-likeness (QED) is 0.773. The van der Waals surface area contributed by atoms with Crippen LogP contribution in [0.15, 0.2) is 18.2 Å². The van der Waals surface area contributed by atoms with Gasteiger partial charge < -0.3 is 5.11 Å². The van der Waals surface area contributed by atoms with Crippen molar-refractivity contribution in [2.24, 2.45) is 0 Å². The molecule has 17 heavy (non-hydrogen) atoms. The van der Waals surface area contributed by atoms with Crippen LogP contribution in [-0.4, -0.2) is 33.3 Å². The van der Waals surface area contributed by atoms with E-state index in [9.17, 15) is 26.3 Å². The lowest BCUT2D eigenvalue weighted by molar-refractivity contribution is 0.471. The van der Waals surface area contributed by atoms with Gasteiger partial charge in [0.1, 0.15) is 11.6 Å². The van der Waals surface area contributed by atoms with Gasteiger partial charge in [-0.1, -0.05) is 0 Å². The highest BCUT2D eigenvalue weighted by molar-refractivity contribution is 8.08. The molecule has 0 saturated heterocycles. The summed E-state index contributed by atoms with van der Waals surface area (Å²) < 4.78 is 58.8. The van der Waals surface area contributed by atoms with Crippen LogP contribution in [0.2, 0.25) is 0 Å². The minimum atomic E-state index is -4.15. The second-order valence-corrected chi connectivity index (χ2v) is 7.65. The number of anilines is 1. The topological polar surface area (TPSA) is 101 Å². The number of hydrogen-bond acceptors (Lipinski definition) is 5. The maximum atomic E-state index is 12.6. The van der Waals surface area contributed by atoms with E-state index in [0.717, 1.165) is 18.4 Å². The van der Waals surface area contributed by atoms with E-state index in [1.165, 1.54) is 0 Å². The van der Waals surface area contributed by atoms with Crippen molar-refractivity contribution < 1.29 is 26.3 Å². The number of sulfone groups is 1. The van der Waals surface area contributed by atoms with Gasteiger partial charge in [-0.25, -0.2) is 21.2 Å². The van der Waals surface area contributed by atoms with Gasteiger partial charge in [0.2, 0.25) is 10.0 Å². The molecule has 1 rings (SSSR count). The van der Waals surface area contributed by atoms with E-state index >= 15 is 0 Å². The zero-order valence-electron chi connectivity index (χ0n) is 8.71. The summed E-state index contributed by atoms with van der Waals surface area (Å²) in [6.07, 6.45) is 0.761. The molecular weight excluding hydrogens is 273 g/mol. The Morgan fingerprint density at radius 1 is 1.29 bits per heavy atom. The molecule has 0 spiro atoms. The molecule has 2 N–H and O–H groups in total. The fraction of sp³-hybridized carbons (Fsp3) is 0.250. The molecule has 0 unspecified atom stereocenters. The highest BCUT2D eigenvalue weighted by Crippen LogP contribution is 2.24. The van der Waals surface area contributed by atoms with Crippen LogP contribution in [0.4, 0.5) is 10.1 Å². The molecule has 0 aliphatic heterocycles. The van der Waals surface area contributed by atoms with Crippen molar-refractivity contribution in [1.29, 1.82) is 0 Å². The first kappa shape index (κ1) is 13.7. The number of rotatable bonds is 4. The minimum absolute atomic E-state index is 0.282. The third kappa shape index (κ3) is 4.57. The zero-order chi connectivity index (χ0) is 13.3. The van der Waals surface area contributed by atoms with Crippen molar-refractivity contribution in [3.63, 3.8) is 0 Å². The van der Waals surface area contributed by atoms with Gasteiger partial charge in [-0.15, -0.1) is 0 Å². The SMILES string of the molecule is CS(=O)(=O)CS(=O)(=O)Nc1ccc(F)cc1O. The van der Waals surface area contributed by atoms with Crippen molar-refractivity contribution in [2.75, 3.05) is 16.1 Å². The number of halogens is 1. The summed E-state index contributed by atoms with van der Waals surface area (Å²) in [4.78, 5) is 0. The van der Waals surface area contributed by atoms with Gasteiger partial charge in [0, 0.05) is 12.3 Å². The monoisotopic (exact) mass is 283 g/mol. The molecule has 0 saturated carbocycles. The Hall–Kier alpha value is -1.35. The van der Waals surface area contributed by atoms with Crippen LogP contribution >= 0.6 is 0 Å². The van der Waals surface area contributed by atoms with E-state index < -0.39 is 36.5 Å². The van der Waals surface area contributed by atoms with E-state index in [0.29, 0.717) is 6.07 Å². The number of benzene rings is 1. The molecule has 0 heterocycles. The van der Waals surface area contributed by atoms with Crippen LogP contribution in [0.25, 0.3) is 0 Å². The molecule has 1 aromatic rings.